The normalized spacial score (nSPS) is 12.0. The summed E-state index contributed by atoms with van der Waals surface area (Å²) in [6, 6.07) is 0. The lowest BCUT2D eigenvalue weighted by atomic mass is 10.2. The number of imidazole rings is 1. The van der Waals surface area contributed by atoms with Crippen molar-refractivity contribution in [2.24, 2.45) is 10.9 Å². The molecule has 0 aromatic carbocycles. The highest BCUT2D eigenvalue weighted by Crippen LogP contribution is 2.16. The Morgan fingerprint density at radius 2 is 2.04 bits per heavy atom. The molecule has 0 amide bonds. The van der Waals surface area contributed by atoms with Crippen LogP contribution in [0.25, 0.3) is 0 Å². The summed E-state index contributed by atoms with van der Waals surface area (Å²) in [6.07, 6.45) is 3.87. The van der Waals surface area contributed by atoms with Crippen molar-refractivity contribution in [3.63, 3.8) is 0 Å². The van der Waals surface area contributed by atoms with E-state index in [9.17, 15) is 0 Å². The Morgan fingerprint density at radius 3 is 2.65 bits per heavy atom. The third-order valence-corrected chi connectivity index (χ3v) is 4.49. The Hall–Kier alpha value is -1.89. The van der Waals surface area contributed by atoms with Crippen LogP contribution in [-0.2, 0) is 19.6 Å². The van der Waals surface area contributed by atoms with Crippen molar-refractivity contribution >= 4 is 17.3 Å². The number of aromatic nitrogens is 3. The summed E-state index contributed by atoms with van der Waals surface area (Å²) in [7, 11) is 1.78. The number of rotatable bonds is 6. The maximum absolute atomic E-state index is 4.45. The standard InChI is InChI=1S/C16H26N6S/c1-11(2)10-22-7-6-18-15(22)9-20-16(17-5)19-8-14-12(3)21-13(4)23-14/h6-7,11H,8-10H2,1-5H3,(H2,17,19,20). The lowest BCUT2D eigenvalue weighted by Crippen LogP contribution is -2.37. The monoisotopic (exact) mass is 334 g/mol. The van der Waals surface area contributed by atoms with Gasteiger partial charge in [-0.1, -0.05) is 13.8 Å². The van der Waals surface area contributed by atoms with Crippen LogP contribution in [0.5, 0.6) is 0 Å². The van der Waals surface area contributed by atoms with Crippen molar-refractivity contribution < 1.29 is 0 Å². The Labute approximate surface area is 142 Å². The van der Waals surface area contributed by atoms with E-state index >= 15 is 0 Å². The first kappa shape index (κ1) is 17.5. The quantitative estimate of drug-likeness (QED) is 0.629. The molecule has 2 aromatic heterocycles. The molecule has 7 heteroatoms. The van der Waals surface area contributed by atoms with Crippen LogP contribution in [0.1, 0.15) is 35.3 Å². The van der Waals surface area contributed by atoms with Crippen LogP contribution in [-0.4, -0.2) is 27.5 Å². The molecule has 0 bridgehead atoms. The lowest BCUT2D eigenvalue weighted by molar-refractivity contribution is 0.503. The average Bonchev–Trinajstić information content (AvgIpc) is 3.05. The predicted octanol–water partition coefficient (Wildman–Crippen LogP) is 2.48. The van der Waals surface area contributed by atoms with Gasteiger partial charge >= 0.3 is 0 Å². The number of aryl methyl sites for hydroxylation is 2. The van der Waals surface area contributed by atoms with Crippen molar-refractivity contribution in [3.05, 3.63) is 33.8 Å². The molecule has 2 N–H and O–H groups in total. The number of hydrogen-bond acceptors (Lipinski definition) is 4. The highest BCUT2D eigenvalue weighted by atomic mass is 32.1. The largest absolute Gasteiger partial charge is 0.351 e. The first-order valence-corrected chi connectivity index (χ1v) is 8.68. The molecule has 2 heterocycles. The molecule has 2 aromatic rings. The van der Waals surface area contributed by atoms with Crippen LogP contribution in [0, 0.1) is 19.8 Å². The Balaban J connectivity index is 1.88. The zero-order chi connectivity index (χ0) is 16.8. The summed E-state index contributed by atoms with van der Waals surface area (Å²) in [4.78, 5) is 14.4. The summed E-state index contributed by atoms with van der Waals surface area (Å²) < 4.78 is 2.18. The van der Waals surface area contributed by atoms with Crippen molar-refractivity contribution in [2.75, 3.05) is 7.05 Å². The van der Waals surface area contributed by atoms with E-state index in [0.29, 0.717) is 12.5 Å². The minimum atomic E-state index is 0.595. The Kier molecular flexibility index (Phi) is 6.15. The molecule has 126 valence electrons. The summed E-state index contributed by atoms with van der Waals surface area (Å²) in [6.45, 7) is 10.8. The maximum atomic E-state index is 4.45. The van der Waals surface area contributed by atoms with Gasteiger partial charge in [0.25, 0.3) is 0 Å². The number of hydrogen-bond donors (Lipinski definition) is 2. The van der Waals surface area contributed by atoms with Crippen molar-refractivity contribution in [1.29, 1.82) is 0 Å². The molecule has 0 spiro atoms. The molecule has 2 rings (SSSR count). The minimum absolute atomic E-state index is 0.595. The smallest absolute Gasteiger partial charge is 0.191 e. The SMILES string of the molecule is CN=C(NCc1sc(C)nc1C)NCc1nccn1CC(C)C. The lowest BCUT2D eigenvalue weighted by Gasteiger charge is -2.13. The number of nitrogens with one attached hydrogen (secondary N) is 2. The third-order valence-electron chi connectivity index (χ3n) is 3.42. The zero-order valence-electron chi connectivity index (χ0n) is 14.6. The Morgan fingerprint density at radius 1 is 1.30 bits per heavy atom. The molecule has 0 saturated heterocycles. The van der Waals surface area contributed by atoms with Gasteiger partial charge in [-0.15, -0.1) is 11.3 Å². The number of nitrogens with zero attached hydrogens (tertiary/aromatic N) is 4. The van der Waals surface area contributed by atoms with Gasteiger partial charge < -0.3 is 15.2 Å². The number of thiazole rings is 1. The van der Waals surface area contributed by atoms with Crippen LogP contribution in [0.2, 0.25) is 0 Å². The van der Waals surface area contributed by atoms with Crippen LogP contribution < -0.4 is 10.6 Å². The van der Waals surface area contributed by atoms with Gasteiger partial charge in [-0.05, 0) is 19.8 Å². The molecule has 0 unspecified atom stereocenters. The summed E-state index contributed by atoms with van der Waals surface area (Å²) >= 11 is 1.72. The highest BCUT2D eigenvalue weighted by molar-refractivity contribution is 7.11. The zero-order valence-corrected chi connectivity index (χ0v) is 15.4. The predicted molar refractivity (Wildman–Crippen MR) is 95.7 cm³/mol. The van der Waals surface area contributed by atoms with Gasteiger partial charge in [0.05, 0.1) is 23.8 Å². The Bertz CT molecular complexity index is 655. The van der Waals surface area contributed by atoms with E-state index in [4.69, 9.17) is 0 Å². The van der Waals surface area contributed by atoms with Gasteiger partial charge in [-0.3, -0.25) is 4.99 Å². The van der Waals surface area contributed by atoms with E-state index in [1.165, 1.54) is 4.88 Å². The van der Waals surface area contributed by atoms with Crippen molar-refractivity contribution in [1.82, 2.24) is 25.2 Å². The van der Waals surface area contributed by atoms with Gasteiger partial charge in [-0.25, -0.2) is 9.97 Å². The topological polar surface area (TPSA) is 67.1 Å². The second-order valence-corrected chi connectivity index (χ2v) is 7.20. The highest BCUT2D eigenvalue weighted by Gasteiger charge is 2.08. The number of guanidine groups is 1. The van der Waals surface area contributed by atoms with Gasteiger partial charge in [0.1, 0.15) is 5.82 Å². The molecule has 0 radical (unpaired) electrons. The van der Waals surface area contributed by atoms with Crippen LogP contribution in [0.15, 0.2) is 17.4 Å². The van der Waals surface area contributed by atoms with E-state index in [-0.39, 0.29) is 0 Å². The molecule has 6 nitrogen and oxygen atoms in total. The van der Waals surface area contributed by atoms with Crippen molar-refractivity contribution in [2.45, 2.75) is 47.3 Å². The molecule has 0 atom stereocenters. The second kappa shape index (κ2) is 8.10. The molecule has 0 fully saturated rings. The van der Waals surface area contributed by atoms with E-state index in [2.05, 4.69) is 44.0 Å². The molecule has 0 aliphatic heterocycles. The fourth-order valence-electron chi connectivity index (χ4n) is 2.35. The molecule has 0 aliphatic rings. The molecule has 23 heavy (non-hydrogen) atoms. The fourth-order valence-corrected chi connectivity index (χ4v) is 3.23. The first-order chi connectivity index (χ1) is 11.0. The van der Waals surface area contributed by atoms with Crippen molar-refractivity contribution in [3.8, 4) is 0 Å². The van der Waals surface area contributed by atoms with Crippen LogP contribution in [0.4, 0.5) is 0 Å². The molecule has 0 saturated carbocycles. The molecule has 0 aliphatic carbocycles. The van der Waals surface area contributed by atoms with E-state index in [1.807, 2.05) is 26.2 Å². The van der Waals surface area contributed by atoms with E-state index < -0.39 is 0 Å². The average molecular weight is 334 g/mol. The minimum Gasteiger partial charge on any atom is -0.351 e. The fraction of sp³-hybridized carbons (Fsp3) is 0.562. The second-order valence-electron chi connectivity index (χ2n) is 5.91. The van der Waals surface area contributed by atoms with E-state index in [1.54, 1.807) is 18.4 Å². The number of aliphatic imine (C=N–C) groups is 1. The maximum Gasteiger partial charge on any atom is 0.191 e. The van der Waals surface area contributed by atoms with Gasteiger partial charge in [0.15, 0.2) is 5.96 Å². The first-order valence-electron chi connectivity index (χ1n) is 7.87. The van der Waals surface area contributed by atoms with Crippen LogP contribution in [0.3, 0.4) is 0 Å². The third kappa shape index (κ3) is 5.06. The van der Waals surface area contributed by atoms with Gasteiger partial charge in [0, 0.05) is 30.9 Å². The molecular formula is C16H26N6S. The van der Waals surface area contributed by atoms with Gasteiger partial charge in [-0.2, -0.15) is 0 Å². The van der Waals surface area contributed by atoms with Crippen LogP contribution >= 0.6 is 11.3 Å². The molecular weight excluding hydrogens is 308 g/mol. The van der Waals surface area contributed by atoms with Gasteiger partial charge in [0.2, 0.25) is 0 Å². The summed E-state index contributed by atoms with van der Waals surface area (Å²) in [5, 5.41) is 7.75. The van der Waals surface area contributed by atoms with E-state index in [0.717, 1.165) is 35.6 Å². The summed E-state index contributed by atoms with van der Waals surface area (Å²) in [5.74, 6) is 2.39. The summed E-state index contributed by atoms with van der Waals surface area (Å²) in [5.41, 5.74) is 1.09.